The number of aromatic nitrogens is 3. The summed E-state index contributed by atoms with van der Waals surface area (Å²) in [5.41, 5.74) is 7.80. The smallest absolute Gasteiger partial charge is 0.138 e. The highest BCUT2D eigenvalue weighted by Gasteiger charge is 2.01. The quantitative estimate of drug-likeness (QED) is 0.581. The van der Waals surface area contributed by atoms with E-state index in [0.29, 0.717) is 0 Å². The molecule has 0 saturated carbocycles. The van der Waals surface area contributed by atoms with Crippen molar-refractivity contribution in [2.45, 2.75) is 13.8 Å². The van der Waals surface area contributed by atoms with E-state index in [4.69, 9.17) is 11.6 Å². The van der Waals surface area contributed by atoms with E-state index in [1.54, 1.807) is 11.0 Å². The molecule has 0 aliphatic rings. The van der Waals surface area contributed by atoms with Crippen LogP contribution < -0.4 is 5.43 Å². The zero-order valence-electron chi connectivity index (χ0n) is 12.9. The summed E-state index contributed by atoms with van der Waals surface area (Å²) in [6.07, 6.45) is 3.18. The predicted molar refractivity (Wildman–Crippen MR) is 93.4 cm³/mol. The van der Waals surface area contributed by atoms with Gasteiger partial charge in [-0.2, -0.15) is 10.2 Å². The SMILES string of the molecule is C/C(=N\Nc1ccc(C)c(Cl)c1)c1ccc(-n2cncn2)cc1. The average Bonchev–Trinajstić information content (AvgIpc) is 3.10. The number of nitrogens with one attached hydrogen (secondary N) is 1. The number of hydrogen-bond acceptors (Lipinski definition) is 4. The minimum absolute atomic E-state index is 0.722. The molecule has 0 atom stereocenters. The molecule has 2 aromatic carbocycles. The second-order valence-corrected chi connectivity index (χ2v) is 5.57. The van der Waals surface area contributed by atoms with Crippen LogP contribution in [0.1, 0.15) is 18.1 Å². The molecule has 1 aromatic heterocycles. The lowest BCUT2D eigenvalue weighted by Gasteiger charge is -2.06. The van der Waals surface area contributed by atoms with E-state index in [1.807, 2.05) is 56.3 Å². The van der Waals surface area contributed by atoms with Crippen LogP contribution in [0.3, 0.4) is 0 Å². The van der Waals surface area contributed by atoms with Crippen LogP contribution in [0.15, 0.2) is 60.2 Å². The minimum Gasteiger partial charge on any atom is -0.278 e. The van der Waals surface area contributed by atoms with E-state index in [1.165, 1.54) is 6.33 Å². The van der Waals surface area contributed by atoms with Crippen molar-refractivity contribution >= 4 is 23.0 Å². The van der Waals surface area contributed by atoms with Crippen molar-refractivity contribution in [3.8, 4) is 5.69 Å². The zero-order valence-corrected chi connectivity index (χ0v) is 13.6. The third kappa shape index (κ3) is 3.57. The van der Waals surface area contributed by atoms with Crippen molar-refractivity contribution in [1.29, 1.82) is 0 Å². The Kier molecular flexibility index (Phi) is 4.39. The Bertz CT molecular complexity index is 823. The topological polar surface area (TPSA) is 55.1 Å². The number of anilines is 1. The molecule has 3 aromatic rings. The number of aryl methyl sites for hydroxylation is 1. The standard InChI is InChI=1S/C17H16ClN5/c1-12-3-6-15(9-17(12)18)22-21-13(2)14-4-7-16(8-5-14)23-11-19-10-20-23/h3-11,22H,1-2H3/b21-13+. The molecular weight excluding hydrogens is 310 g/mol. The second kappa shape index (κ2) is 6.62. The van der Waals surface area contributed by atoms with Gasteiger partial charge in [-0.25, -0.2) is 9.67 Å². The van der Waals surface area contributed by atoms with E-state index in [0.717, 1.165) is 33.2 Å². The van der Waals surface area contributed by atoms with Gasteiger partial charge in [-0.15, -0.1) is 0 Å². The molecule has 0 amide bonds. The normalized spacial score (nSPS) is 11.5. The highest BCUT2D eigenvalue weighted by Crippen LogP contribution is 2.20. The summed E-state index contributed by atoms with van der Waals surface area (Å²) in [6.45, 7) is 3.92. The number of nitrogens with zero attached hydrogens (tertiary/aromatic N) is 4. The molecule has 23 heavy (non-hydrogen) atoms. The average molecular weight is 326 g/mol. The van der Waals surface area contributed by atoms with Gasteiger partial charge in [0, 0.05) is 5.02 Å². The van der Waals surface area contributed by atoms with E-state index in [9.17, 15) is 0 Å². The molecule has 5 nitrogen and oxygen atoms in total. The van der Waals surface area contributed by atoms with Gasteiger partial charge in [0.05, 0.1) is 17.1 Å². The van der Waals surface area contributed by atoms with Crippen molar-refractivity contribution in [2.75, 3.05) is 5.43 Å². The van der Waals surface area contributed by atoms with Gasteiger partial charge in [0.15, 0.2) is 0 Å². The molecule has 0 fully saturated rings. The summed E-state index contributed by atoms with van der Waals surface area (Å²) in [7, 11) is 0. The van der Waals surface area contributed by atoms with Gasteiger partial charge < -0.3 is 0 Å². The van der Waals surface area contributed by atoms with Crippen LogP contribution in [0.2, 0.25) is 5.02 Å². The Balaban J connectivity index is 1.74. The van der Waals surface area contributed by atoms with Gasteiger partial charge in [-0.05, 0) is 49.2 Å². The highest BCUT2D eigenvalue weighted by molar-refractivity contribution is 6.31. The molecule has 0 bridgehead atoms. The van der Waals surface area contributed by atoms with Gasteiger partial charge in [-0.3, -0.25) is 5.43 Å². The van der Waals surface area contributed by atoms with Gasteiger partial charge in [-0.1, -0.05) is 29.8 Å². The maximum Gasteiger partial charge on any atom is 0.138 e. The molecule has 1 heterocycles. The van der Waals surface area contributed by atoms with E-state index >= 15 is 0 Å². The lowest BCUT2D eigenvalue weighted by atomic mass is 10.1. The Morgan fingerprint density at radius 3 is 2.61 bits per heavy atom. The minimum atomic E-state index is 0.722. The monoisotopic (exact) mass is 325 g/mol. The Labute approximate surface area is 139 Å². The predicted octanol–water partition coefficient (Wildman–Crippen LogP) is 4.07. The summed E-state index contributed by atoms with van der Waals surface area (Å²) in [5.74, 6) is 0. The highest BCUT2D eigenvalue weighted by atomic mass is 35.5. The molecule has 0 saturated heterocycles. The zero-order chi connectivity index (χ0) is 16.2. The summed E-state index contributed by atoms with van der Waals surface area (Å²) in [5, 5.41) is 9.23. The molecule has 0 unspecified atom stereocenters. The maximum absolute atomic E-state index is 6.11. The molecular formula is C17H16ClN5. The van der Waals surface area contributed by atoms with Crippen molar-refractivity contribution < 1.29 is 0 Å². The fraction of sp³-hybridized carbons (Fsp3) is 0.118. The van der Waals surface area contributed by atoms with Crippen LogP contribution in [-0.4, -0.2) is 20.5 Å². The Morgan fingerprint density at radius 2 is 1.96 bits per heavy atom. The van der Waals surface area contributed by atoms with Gasteiger partial charge in [0.2, 0.25) is 0 Å². The summed E-state index contributed by atoms with van der Waals surface area (Å²) >= 11 is 6.11. The molecule has 0 aliphatic carbocycles. The summed E-state index contributed by atoms with van der Waals surface area (Å²) < 4.78 is 1.71. The number of halogens is 1. The van der Waals surface area contributed by atoms with E-state index < -0.39 is 0 Å². The molecule has 0 aliphatic heterocycles. The van der Waals surface area contributed by atoms with Crippen LogP contribution >= 0.6 is 11.6 Å². The fourth-order valence-electron chi connectivity index (χ4n) is 2.07. The summed E-state index contributed by atoms with van der Waals surface area (Å²) in [6, 6.07) is 13.7. The molecule has 3 rings (SSSR count). The first kappa shape index (κ1) is 15.2. The first-order valence-electron chi connectivity index (χ1n) is 7.15. The van der Waals surface area contributed by atoms with Crippen molar-refractivity contribution in [3.05, 3.63) is 71.3 Å². The van der Waals surface area contributed by atoms with Crippen molar-refractivity contribution in [1.82, 2.24) is 14.8 Å². The maximum atomic E-state index is 6.11. The van der Waals surface area contributed by atoms with Crippen LogP contribution in [0.25, 0.3) is 5.69 Å². The first-order valence-corrected chi connectivity index (χ1v) is 7.53. The van der Waals surface area contributed by atoms with Crippen molar-refractivity contribution in [2.24, 2.45) is 5.10 Å². The third-order valence-electron chi connectivity index (χ3n) is 3.49. The van der Waals surface area contributed by atoms with E-state index in [-0.39, 0.29) is 0 Å². The number of rotatable bonds is 4. The van der Waals surface area contributed by atoms with Crippen LogP contribution in [0.4, 0.5) is 5.69 Å². The third-order valence-corrected chi connectivity index (χ3v) is 3.90. The molecule has 1 N–H and O–H groups in total. The first-order chi connectivity index (χ1) is 11.1. The summed E-state index contributed by atoms with van der Waals surface area (Å²) in [4.78, 5) is 3.94. The lowest BCUT2D eigenvalue weighted by molar-refractivity contribution is 0.879. The largest absolute Gasteiger partial charge is 0.278 e. The van der Waals surface area contributed by atoms with Crippen molar-refractivity contribution in [3.63, 3.8) is 0 Å². The van der Waals surface area contributed by atoms with Gasteiger partial charge in [0.25, 0.3) is 0 Å². The van der Waals surface area contributed by atoms with Gasteiger partial charge in [0.1, 0.15) is 12.7 Å². The lowest BCUT2D eigenvalue weighted by Crippen LogP contribution is -2.01. The second-order valence-electron chi connectivity index (χ2n) is 5.16. The van der Waals surface area contributed by atoms with Crippen LogP contribution in [0, 0.1) is 6.92 Å². The fourth-order valence-corrected chi connectivity index (χ4v) is 2.25. The Morgan fingerprint density at radius 1 is 1.17 bits per heavy atom. The molecule has 0 radical (unpaired) electrons. The van der Waals surface area contributed by atoms with Crippen LogP contribution in [0.5, 0.6) is 0 Å². The Hall–Kier alpha value is -2.66. The number of hydrogen-bond donors (Lipinski definition) is 1. The molecule has 116 valence electrons. The molecule has 0 spiro atoms. The van der Waals surface area contributed by atoms with Crippen LogP contribution in [-0.2, 0) is 0 Å². The number of hydrazone groups is 1. The van der Waals surface area contributed by atoms with Gasteiger partial charge >= 0.3 is 0 Å². The molecule has 6 heteroatoms. The van der Waals surface area contributed by atoms with E-state index in [2.05, 4.69) is 20.6 Å². The number of benzene rings is 2.